The number of benzene rings is 2. The van der Waals surface area contributed by atoms with Crippen molar-refractivity contribution in [2.24, 2.45) is 0 Å². The van der Waals surface area contributed by atoms with Crippen LogP contribution in [0.25, 0.3) is 33.4 Å². The van der Waals surface area contributed by atoms with E-state index in [0.717, 1.165) is 33.8 Å². The average Bonchev–Trinajstić information content (AvgIpc) is 3.25. The van der Waals surface area contributed by atoms with Crippen LogP contribution >= 0.6 is 11.8 Å². The van der Waals surface area contributed by atoms with E-state index in [4.69, 9.17) is 9.94 Å². The van der Waals surface area contributed by atoms with Crippen molar-refractivity contribution in [3.8, 4) is 22.5 Å². The predicted octanol–water partition coefficient (Wildman–Crippen LogP) is 3.84. The summed E-state index contributed by atoms with van der Waals surface area (Å²) in [7, 11) is 1.29. The highest BCUT2D eigenvalue weighted by Gasteiger charge is 2.20. The molecule has 0 fully saturated rings. The summed E-state index contributed by atoms with van der Waals surface area (Å²) in [6.45, 7) is 0. The minimum atomic E-state index is -0.955. The van der Waals surface area contributed by atoms with E-state index < -0.39 is 5.97 Å². The molecule has 0 radical (unpaired) electrons. The molecule has 9 nitrogen and oxygen atoms in total. The largest absolute Gasteiger partial charge is 0.481 e. The number of nitrogens with zero attached hydrogens (tertiary/aromatic N) is 4. The first-order chi connectivity index (χ1) is 14.5. The summed E-state index contributed by atoms with van der Waals surface area (Å²) in [5.41, 5.74) is 3.44. The molecule has 0 saturated heterocycles. The van der Waals surface area contributed by atoms with Gasteiger partial charge in [-0.05, 0) is 35.4 Å². The van der Waals surface area contributed by atoms with Crippen LogP contribution in [-0.4, -0.2) is 49.0 Å². The van der Waals surface area contributed by atoms with Crippen LogP contribution in [0, 0.1) is 4.91 Å². The van der Waals surface area contributed by atoms with E-state index in [1.54, 1.807) is 18.3 Å². The summed E-state index contributed by atoms with van der Waals surface area (Å²) in [4.78, 5) is 36.8. The molecule has 0 aliphatic heterocycles. The lowest BCUT2D eigenvalue weighted by atomic mass is 10.00. The van der Waals surface area contributed by atoms with Crippen LogP contribution in [0.4, 0.5) is 5.69 Å². The maximum Gasteiger partial charge on any atom is 0.318 e. The molecule has 4 rings (SSSR count). The van der Waals surface area contributed by atoms with Crippen LogP contribution in [0.15, 0.2) is 59.9 Å². The van der Waals surface area contributed by atoms with Gasteiger partial charge in [0.25, 0.3) is 4.92 Å². The van der Waals surface area contributed by atoms with Gasteiger partial charge in [0, 0.05) is 29.3 Å². The Morgan fingerprint density at radius 1 is 1.17 bits per heavy atom. The van der Waals surface area contributed by atoms with Gasteiger partial charge in [0.05, 0.1) is 16.2 Å². The third-order valence-corrected chi connectivity index (χ3v) is 5.13. The van der Waals surface area contributed by atoms with Crippen LogP contribution in [0.3, 0.4) is 0 Å². The molecule has 0 unspecified atom stereocenters. The second kappa shape index (κ2) is 8.29. The monoisotopic (exact) mass is 422 g/mol. The Kier molecular flexibility index (Phi) is 5.40. The van der Waals surface area contributed by atoms with Crippen molar-refractivity contribution < 1.29 is 19.7 Å². The fraction of sp³-hybridized carbons (Fsp3) is 0.100. The Morgan fingerprint density at radius 3 is 2.80 bits per heavy atom. The van der Waals surface area contributed by atoms with Gasteiger partial charge in [-0.25, -0.2) is 9.82 Å². The second-order valence-electron chi connectivity index (χ2n) is 6.27. The molecule has 0 amide bonds. The number of nitrogens with one attached hydrogen (secondary N) is 1. The summed E-state index contributed by atoms with van der Waals surface area (Å²) in [5, 5.41) is 16.9. The van der Waals surface area contributed by atoms with E-state index in [1.807, 2.05) is 36.4 Å². The molecule has 0 aliphatic carbocycles. The first-order valence-corrected chi connectivity index (χ1v) is 9.81. The van der Waals surface area contributed by atoms with Gasteiger partial charge < -0.3 is 5.11 Å². The van der Waals surface area contributed by atoms with Crippen molar-refractivity contribution >= 4 is 34.3 Å². The number of hydrogen-bond acceptors (Lipinski definition) is 7. The van der Waals surface area contributed by atoms with E-state index in [-0.39, 0.29) is 11.4 Å². The van der Waals surface area contributed by atoms with Crippen molar-refractivity contribution in [1.29, 1.82) is 0 Å². The highest BCUT2D eigenvalue weighted by atomic mass is 32.2. The predicted molar refractivity (Wildman–Crippen MR) is 111 cm³/mol. The van der Waals surface area contributed by atoms with Gasteiger partial charge in [-0.15, -0.1) is 5.10 Å². The van der Waals surface area contributed by atoms with Gasteiger partial charge in [0.1, 0.15) is 0 Å². The molecule has 0 spiro atoms. The molecule has 30 heavy (non-hydrogen) atoms. The number of carboxylic acid groups (broad SMARTS) is 1. The topological polar surface area (TPSA) is 121 Å². The number of fused-ring (bicyclic) bond motifs is 1. The van der Waals surface area contributed by atoms with E-state index in [1.165, 1.54) is 7.11 Å². The number of hydrogen-bond donors (Lipinski definition) is 2. The number of pyridine rings is 1. The molecule has 2 aromatic carbocycles. The normalized spacial score (nSPS) is 10.8. The smallest absolute Gasteiger partial charge is 0.318 e. The molecule has 10 heteroatoms. The fourth-order valence-corrected chi connectivity index (χ4v) is 3.47. The maximum atomic E-state index is 12.1. The number of aliphatic carboxylic acids is 1. The van der Waals surface area contributed by atoms with E-state index in [9.17, 15) is 9.70 Å². The zero-order valence-electron chi connectivity index (χ0n) is 15.8. The number of rotatable bonds is 7. The number of H-pyrrole nitrogens is 1. The highest BCUT2D eigenvalue weighted by Crippen LogP contribution is 2.32. The van der Waals surface area contributed by atoms with Gasteiger partial charge in [0.2, 0.25) is 5.16 Å². The summed E-state index contributed by atoms with van der Waals surface area (Å²) >= 11 is 1.00. The Hall–Kier alpha value is -3.79. The molecule has 0 bridgehead atoms. The lowest BCUT2D eigenvalue weighted by molar-refractivity contribution is -0.736. The molecule has 2 heterocycles. The van der Waals surface area contributed by atoms with E-state index >= 15 is 0 Å². The zero-order valence-corrected chi connectivity index (χ0v) is 16.6. The van der Waals surface area contributed by atoms with E-state index in [2.05, 4.69) is 20.2 Å². The van der Waals surface area contributed by atoms with Gasteiger partial charge in [-0.2, -0.15) is 0 Å². The molecule has 2 aromatic heterocycles. The van der Waals surface area contributed by atoms with Crippen molar-refractivity contribution in [2.75, 3.05) is 12.9 Å². The number of carboxylic acids is 1. The Bertz CT molecular complexity index is 1260. The van der Waals surface area contributed by atoms with Crippen molar-refractivity contribution in [3.63, 3.8) is 0 Å². The van der Waals surface area contributed by atoms with Crippen LogP contribution in [0.2, 0.25) is 0 Å². The minimum Gasteiger partial charge on any atom is -0.481 e. The number of aromatic nitrogens is 4. The number of thioether (sulfide) groups is 1. The molecular weight excluding hydrogens is 406 g/mol. The van der Waals surface area contributed by atoms with Crippen LogP contribution in [-0.2, 0) is 9.63 Å². The van der Waals surface area contributed by atoms with Crippen LogP contribution in [0.5, 0.6) is 0 Å². The fourth-order valence-electron chi connectivity index (χ4n) is 2.95. The Balaban J connectivity index is 1.77. The summed E-state index contributed by atoms with van der Waals surface area (Å²) in [5.74, 6) is -0.687. The zero-order chi connectivity index (χ0) is 21.1. The lowest BCUT2D eigenvalue weighted by Crippen LogP contribution is -1.99. The first-order valence-electron chi connectivity index (χ1n) is 8.82. The third-order valence-electron chi connectivity index (χ3n) is 4.29. The first kappa shape index (κ1) is 19.5. The van der Waals surface area contributed by atoms with Crippen molar-refractivity contribution in [3.05, 3.63) is 59.6 Å². The average molecular weight is 422 g/mol. The molecule has 4 aromatic rings. The molecule has 0 atom stereocenters. The number of carbonyl (C=O) groups is 1. The summed E-state index contributed by atoms with van der Waals surface area (Å²) in [6, 6.07) is 14.9. The van der Waals surface area contributed by atoms with Gasteiger partial charge in [-0.3, -0.25) is 14.9 Å². The maximum absolute atomic E-state index is 12.1. The van der Waals surface area contributed by atoms with Gasteiger partial charge >= 0.3 is 11.7 Å². The molecule has 0 aliphatic rings. The quantitative estimate of drug-likeness (QED) is 0.340. The van der Waals surface area contributed by atoms with Crippen LogP contribution < -0.4 is 0 Å². The molecule has 0 saturated carbocycles. The SMILES string of the molecule is CO[N+](=O)c1cc(-c2ccc3ncccc3c2)cc(-c2nc(SCC(=O)O)n[nH]2)c1. The highest BCUT2D eigenvalue weighted by molar-refractivity contribution is 7.99. The lowest BCUT2D eigenvalue weighted by Gasteiger charge is -2.06. The Labute approximate surface area is 174 Å². The van der Waals surface area contributed by atoms with Crippen molar-refractivity contribution in [1.82, 2.24) is 20.2 Å². The van der Waals surface area contributed by atoms with Gasteiger partial charge in [0.15, 0.2) is 12.9 Å². The van der Waals surface area contributed by atoms with Gasteiger partial charge in [-0.1, -0.05) is 23.9 Å². The third kappa shape index (κ3) is 4.13. The number of aromatic amines is 1. The second-order valence-corrected chi connectivity index (χ2v) is 7.21. The van der Waals surface area contributed by atoms with Crippen molar-refractivity contribution in [2.45, 2.75) is 5.16 Å². The molecular formula is C20H16N5O4S+. The molecule has 150 valence electrons. The summed E-state index contributed by atoms with van der Waals surface area (Å²) in [6.07, 6.45) is 1.73. The molecule has 2 N–H and O–H groups in total. The van der Waals surface area contributed by atoms with E-state index in [0.29, 0.717) is 21.5 Å². The minimum absolute atomic E-state index is 0.147. The standard InChI is InChI=1S/C20H15N5O4S/c1-29-25(28)16-9-14(12-4-5-17-13(7-12)3-2-6-21-17)8-15(10-16)19-22-20(24-23-19)30-11-18(26)27/h2-10H,11H2,1H3,(H-,22,23,24,26,27)/p+1. The Morgan fingerprint density at radius 2 is 2.00 bits per heavy atom. The van der Waals surface area contributed by atoms with Crippen LogP contribution in [0.1, 0.15) is 0 Å². The summed E-state index contributed by atoms with van der Waals surface area (Å²) < 4.78 is 0.